The van der Waals surface area contributed by atoms with E-state index in [2.05, 4.69) is 41.4 Å². The van der Waals surface area contributed by atoms with E-state index in [0.29, 0.717) is 6.54 Å². The number of hydrogen-bond acceptors (Lipinski definition) is 5. The zero-order valence-electron chi connectivity index (χ0n) is 10.8. The second kappa shape index (κ2) is 6.39. The van der Waals surface area contributed by atoms with Crippen molar-refractivity contribution in [3.8, 4) is 0 Å². The van der Waals surface area contributed by atoms with Crippen LogP contribution in [0.3, 0.4) is 0 Å². The summed E-state index contributed by atoms with van der Waals surface area (Å²) >= 11 is 0. The minimum absolute atomic E-state index is 0.0929. The third-order valence-electron chi connectivity index (χ3n) is 2.79. The van der Waals surface area contributed by atoms with Gasteiger partial charge >= 0.3 is 0 Å². The maximum absolute atomic E-state index is 8.72. The Morgan fingerprint density at radius 1 is 1.24 bits per heavy atom. The van der Waals surface area contributed by atoms with Crippen molar-refractivity contribution in [1.82, 2.24) is 9.97 Å². The van der Waals surface area contributed by atoms with Crippen molar-refractivity contribution in [2.75, 3.05) is 30.3 Å². The predicted molar refractivity (Wildman–Crippen MR) is 70.2 cm³/mol. The lowest BCUT2D eigenvalue weighted by Gasteiger charge is -2.23. The fraction of sp³-hybridized carbons (Fsp3) is 0.667. The highest BCUT2D eigenvalue weighted by atomic mass is 16.3. The smallest absolute Gasteiger partial charge is 0.131 e. The number of aliphatic hydroxyl groups excluding tert-OH is 1. The van der Waals surface area contributed by atoms with Gasteiger partial charge in [-0.3, -0.25) is 0 Å². The summed E-state index contributed by atoms with van der Waals surface area (Å²) in [5.41, 5.74) is 0.254. The molecule has 0 saturated carbocycles. The molecular formula is C12H22N4O. The number of aliphatic hydroxyl groups is 1. The third kappa shape index (κ3) is 4.99. The Hall–Kier alpha value is -1.36. The number of aromatic nitrogens is 2. The van der Waals surface area contributed by atoms with Crippen molar-refractivity contribution in [3.63, 3.8) is 0 Å². The first-order valence-electron chi connectivity index (χ1n) is 5.98. The van der Waals surface area contributed by atoms with Gasteiger partial charge in [-0.1, -0.05) is 20.8 Å². The monoisotopic (exact) mass is 238 g/mol. The zero-order chi connectivity index (χ0) is 12.7. The maximum atomic E-state index is 8.72. The van der Waals surface area contributed by atoms with Crippen molar-refractivity contribution in [2.45, 2.75) is 27.2 Å². The molecule has 0 saturated heterocycles. The molecule has 0 spiro atoms. The molecule has 0 aliphatic carbocycles. The molecule has 3 N–H and O–H groups in total. The van der Waals surface area contributed by atoms with Crippen LogP contribution in [-0.2, 0) is 0 Å². The topological polar surface area (TPSA) is 70.1 Å². The molecule has 17 heavy (non-hydrogen) atoms. The summed E-state index contributed by atoms with van der Waals surface area (Å²) in [6.07, 6.45) is 2.63. The summed E-state index contributed by atoms with van der Waals surface area (Å²) in [4.78, 5) is 8.23. The predicted octanol–water partition coefficient (Wildman–Crippen LogP) is 1.73. The van der Waals surface area contributed by atoms with Gasteiger partial charge < -0.3 is 15.7 Å². The van der Waals surface area contributed by atoms with Gasteiger partial charge in [-0.2, -0.15) is 0 Å². The molecule has 0 bridgehead atoms. The van der Waals surface area contributed by atoms with Gasteiger partial charge in [-0.15, -0.1) is 0 Å². The van der Waals surface area contributed by atoms with Crippen LogP contribution in [0.4, 0.5) is 11.6 Å². The Kier molecular flexibility index (Phi) is 5.15. The molecule has 1 aromatic rings. The molecular weight excluding hydrogens is 216 g/mol. The van der Waals surface area contributed by atoms with Crippen molar-refractivity contribution in [1.29, 1.82) is 0 Å². The lowest BCUT2D eigenvalue weighted by Crippen LogP contribution is -2.22. The van der Waals surface area contributed by atoms with E-state index < -0.39 is 0 Å². The molecule has 0 aromatic carbocycles. The molecule has 1 rings (SSSR count). The number of nitrogens with one attached hydrogen (secondary N) is 2. The van der Waals surface area contributed by atoms with Gasteiger partial charge in [0.15, 0.2) is 0 Å². The van der Waals surface area contributed by atoms with Crippen LogP contribution in [0.5, 0.6) is 0 Å². The van der Waals surface area contributed by atoms with Crippen LogP contribution in [0, 0.1) is 5.41 Å². The Bertz CT molecular complexity index is 341. The molecule has 0 aliphatic heterocycles. The molecule has 96 valence electrons. The summed E-state index contributed by atoms with van der Waals surface area (Å²) in [7, 11) is 0. The number of anilines is 2. The molecule has 5 nitrogen and oxygen atoms in total. The molecule has 0 radical (unpaired) electrons. The average Bonchev–Trinajstić information content (AvgIpc) is 2.35. The van der Waals surface area contributed by atoms with E-state index in [-0.39, 0.29) is 12.0 Å². The number of rotatable bonds is 7. The number of nitrogens with zero attached hydrogens (tertiary/aromatic N) is 2. The highest BCUT2D eigenvalue weighted by Gasteiger charge is 2.14. The molecule has 0 aliphatic rings. The second-order valence-corrected chi connectivity index (χ2v) is 4.81. The van der Waals surface area contributed by atoms with E-state index in [1.165, 1.54) is 6.33 Å². The standard InChI is InChI=1S/C12H22N4O/c1-4-12(2,3)8-14-11-7-10(13-5-6-17)15-9-16-11/h7,9,17H,4-6,8H2,1-3H3,(H2,13,14,15,16). The second-order valence-electron chi connectivity index (χ2n) is 4.81. The van der Waals surface area contributed by atoms with E-state index in [1.54, 1.807) is 0 Å². The van der Waals surface area contributed by atoms with Gasteiger partial charge in [0.05, 0.1) is 6.61 Å². The first-order valence-corrected chi connectivity index (χ1v) is 5.98. The molecule has 0 atom stereocenters. The Morgan fingerprint density at radius 3 is 2.47 bits per heavy atom. The highest BCUT2D eigenvalue weighted by Crippen LogP contribution is 2.20. The van der Waals surface area contributed by atoms with Crippen LogP contribution in [0.15, 0.2) is 12.4 Å². The summed E-state index contributed by atoms with van der Waals surface area (Å²) in [6, 6.07) is 1.85. The lowest BCUT2D eigenvalue weighted by molar-refractivity contribution is 0.311. The van der Waals surface area contributed by atoms with Crippen molar-refractivity contribution in [3.05, 3.63) is 12.4 Å². The maximum Gasteiger partial charge on any atom is 0.131 e. The summed E-state index contributed by atoms with van der Waals surface area (Å²) in [5.74, 6) is 1.54. The van der Waals surface area contributed by atoms with E-state index in [9.17, 15) is 0 Å². The Morgan fingerprint density at radius 2 is 1.88 bits per heavy atom. The first kappa shape index (κ1) is 13.7. The molecule has 0 unspecified atom stereocenters. The van der Waals surface area contributed by atoms with Crippen molar-refractivity contribution < 1.29 is 5.11 Å². The highest BCUT2D eigenvalue weighted by molar-refractivity contribution is 5.46. The quantitative estimate of drug-likeness (QED) is 0.675. The molecule has 5 heteroatoms. The van der Waals surface area contributed by atoms with Crippen LogP contribution in [0.25, 0.3) is 0 Å². The Balaban J connectivity index is 2.53. The van der Waals surface area contributed by atoms with E-state index in [0.717, 1.165) is 24.6 Å². The van der Waals surface area contributed by atoms with Crippen molar-refractivity contribution in [2.24, 2.45) is 5.41 Å². The molecule has 1 heterocycles. The average molecular weight is 238 g/mol. The minimum atomic E-state index is 0.0929. The van der Waals surface area contributed by atoms with Gasteiger partial charge in [-0.05, 0) is 11.8 Å². The number of hydrogen-bond donors (Lipinski definition) is 3. The zero-order valence-corrected chi connectivity index (χ0v) is 10.8. The van der Waals surface area contributed by atoms with Crippen LogP contribution < -0.4 is 10.6 Å². The van der Waals surface area contributed by atoms with Gasteiger partial charge in [0.1, 0.15) is 18.0 Å². The minimum Gasteiger partial charge on any atom is -0.395 e. The summed E-state index contributed by atoms with van der Waals surface area (Å²) in [6.45, 7) is 8.07. The lowest BCUT2D eigenvalue weighted by atomic mass is 9.90. The summed E-state index contributed by atoms with van der Waals surface area (Å²) < 4.78 is 0. The van der Waals surface area contributed by atoms with E-state index in [1.807, 2.05) is 6.07 Å². The SMILES string of the molecule is CCC(C)(C)CNc1cc(NCCO)ncn1. The van der Waals surface area contributed by atoms with Crippen LogP contribution in [0.1, 0.15) is 27.2 Å². The first-order chi connectivity index (χ1) is 8.07. The van der Waals surface area contributed by atoms with Crippen LogP contribution >= 0.6 is 0 Å². The Labute approximate surface area is 103 Å². The summed E-state index contributed by atoms with van der Waals surface area (Å²) in [5, 5.41) is 15.0. The molecule has 0 amide bonds. The van der Waals surface area contributed by atoms with Gasteiger partial charge in [0.2, 0.25) is 0 Å². The van der Waals surface area contributed by atoms with Crippen LogP contribution in [0.2, 0.25) is 0 Å². The van der Waals surface area contributed by atoms with E-state index >= 15 is 0 Å². The fourth-order valence-electron chi connectivity index (χ4n) is 1.19. The molecule has 1 aromatic heterocycles. The van der Waals surface area contributed by atoms with Crippen molar-refractivity contribution >= 4 is 11.6 Å². The third-order valence-corrected chi connectivity index (χ3v) is 2.79. The molecule has 0 fully saturated rings. The fourth-order valence-corrected chi connectivity index (χ4v) is 1.19. The largest absolute Gasteiger partial charge is 0.395 e. The van der Waals surface area contributed by atoms with Gasteiger partial charge in [0, 0.05) is 19.2 Å². The van der Waals surface area contributed by atoms with E-state index in [4.69, 9.17) is 5.11 Å². The van der Waals surface area contributed by atoms with Gasteiger partial charge in [0.25, 0.3) is 0 Å². The normalized spacial score (nSPS) is 11.3. The van der Waals surface area contributed by atoms with Crippen LogP contribution in [-0.4, -0.2) is 34.8 Å². The van der Waals surface area contributed by atoms with Gasteiger partial charge in [-0.25, -0.2) is 9.97 Å².